The number of nitrogens with zero attached hydrogens (tertiary/aromatic N) is 2. The van der Waals surface area contributed by atoms with E-state index in [-0.39, 0.29) is 11.3 Å². The molecule has 0 saturated carbocycles. The highest BCUT2D eigenvalue weighted by atomic mass is 32.1. The molecule has 1 heterocycles. The molecular weight excluding hydrogens is 274 g/mol. The van der Waals surface area contributed by atoms with Crippen LogP contribution in [0.4, 0.5) is 0 Å². The van der Waals surface area contributed by atoms with Crippen LogP contribution in [0.25, 0.3) is 0 Å². The predicted octanol–water partition coefficient (Wildman–Crippen LogP) is 2.70. The van der Waals surface area contributed by atoms with E-state index in [0.717, 1.165) is 17.1 Å². The number of rotatable bonds is 4. The zero-order valence-corrected chi connectivity index (χ0v) is 12.5. The molecule has 6 heteroatoms. The summed E-state index contributed by atoms with van der Waals surface area (Å²) in [5, 5.41) is 4.03. The van der Waals surface area contributed by atoms with Gasteiger partial charge in [-0.25, -0.2) is 5.48 Å². The van der Waals surface area contributed by atoms with Gasteiger partial charge in [-0.2, -0.15) is 0 Å². The minimum absolute atomic E-state index is 0.223. The van der Waals surface area contributed by atoms with Crippen LogP contribution in [0.2, 0.25) is 0 Å². The lowest BCUT2D eigenvalue weighted by Gasteiger charge is -2.16. The number of benzene rings is 1. The van der Waals surface area contributed by atoms with Crippen LogP contribution in [0.1, 0.15) is 41.7 Å². The Labute approximate surface area is 122 Å². The van der Waals surface area contributed by atoms with Gasteiger partial charge < -0.3 is 0 Å². The summed E-state index contributed by atoms with van der Waals surface area (Å²) in [4.78, 5) is 17.8. The number of aromatic nitrogens is 2. The van der Waals surface area contributed by atoms with Crippen molar-refractivity contribution in [3.63, 3.8) is 0 Å². The summed E-state index contributed by atoms with van der Waals surface area (Å²) >= 11 is 1.08. The summed E-state index contributed by atoms with van der Waals surface area (Å²) < 4.78 is 3.85. The SMILES string of the molecule is CC(C)(C)c1nnsc1C(=O)NOCc1ccccc1. The van der Waals surface area contributed by atoms with E-state index in [1.54, 1.807) is 0 Å². The molecule has 0 aliphatic heterocycles. The summed E-state index contributed by atoms with van der Waals surface area (Å²) in [7, 11) is 0. The first kappa shape index (κ1) is 14.6. The Kier molecular flexibility index (Phi) is 4.46. The number of carbonyl (C=O) groups excluding carboxylic acids is 1. The monoisotopic (exact) mass is 291 g/mol. The molecule has 1 N–H and O–H groups in total. The Bertz CT molecular complexity index is 576. The summed E-state index contributed by atoms with van der Waals surface area (Å²) in [5.74, 6) is -0.305. The quantitative estimate of drug-likeness (QED) is 0.880. The molecule has 1 amide bonds. The van der Waals surface area contributed by atoms with Gasteiger partial charge in [0.15, 0.2) is 0 Å². The first-order chi connectivity index (χ1) is 9.48. The third kappa shape index (κ3) is 3.61. The number of carbonyl (C=O) groups is 1. The molecule has 0 fully saturated rings. The van der Waals surface area contributed by atoms with Crippen molar-refractivity contribution >= 4 is 17.4 Å². The zero-order chi connectivity index (χ0) is 14.6. The molecule has 0 atom stereocenters. The van der Waals surface area contributed by atoms with Crippen LogP contribution in [0, 0.1) is 0 Å². The average Bonchev–Trinajstić information content (AvgIpc) is 2.89. The summed E-state index contributed by atoms with van der Waals surface area (Å²) in [6.07, 6.45) is 0. The molecule has 0 aliphatic carbocycles. The highest BCUT2D eigenvalue weighted by Gasteiger charge is 2.26. The second kappa shape index (κ2) is 6.11. The highest BCUT2D eigenvalue weighted by Crippen LogP contribution is 2.25. The molecule has 0 radical (unpaired) electrons. The molecule has 2 rings (SSSR count). The van der Waals surface area contributed by atoms with Gasteiger partial charge in [0, 0.05) is 5.41 Å². The van der Waals surface area contributed by atoms with Crippen molar-refractivity contribution in [2.45, 2.75) is 32.8 Å². The molecule has 1 aromatic carbocycles. The standard InChI is InChI=1S/C14H17N3O2S/c1-14(2,3)12-11(20-17-15-12)13(18)16-19-9-10-7-5-4-6-8-10/h4-8H,9H2,1-3H3,(H,16,18). The molecule has 106 valence electrons. The van der Waals surface area contributed by atoms with Crippen LogP contribution < -0.4 is 5.48 Å². The van der Waals surface area contributed by atoms with Crippen molar-refractivity contribution in [1.82, 2.24) is 15.1 Å². The molecule has 0 unspecified atom stereocenters. The lowest BCUT2D eigenvalue weighted by Crippen LogP contribution is -2.26. The van der Waals surface area contributed by atoms with Crippen LogP contribution in [0.15, 0.2) is 30.3 Å². The summed E-state index contributed by atoms with van der Waals surface area (Å²) in [5.41, 5.74) is 3.89. The Hall–Kier alpha value is -1.79. The fourth-order valence-corrected chi connectivity index (χ4v) is 2.40. The van der Waals surface area contributed by atoms with Gasteiger partial charge >= 0.3 is 0 Å². The van der Waals surface area contributed by atoms with Gasteiger partial charge in [-0.05, 0) is 17.1 Å². The molecule has 0 bridgehead atoms. The lowest BCUT2D eigenvalue weighted by atomic mass is 9.91. The average molecular weight is 291 g/mol. The number of hydrogen-bond donors (Lipinski definition) is 1. The van der Waals surface area contributed by atoms with E-state index < -0.39 is 0 Å². The maximum absolute atomic E-state index is 12.1. The predicted molar refractivity (Wildman–Crippen MR) is 77.3 cm³/mol. The van der Waals surface area contributed by atoms with Gasteiger partial charge in [0.2, 0.25) is 0 Å². The molecule has 0 spiro atoms. The van der Waals surface area contributed by atoms with E-state index in [1.165, 1.54) is 0 Å². The maximum atomic E-state index is 12.1. The number of nitrogens with one attached hydrogen (secondary N) is 1. The van der Waals surface area contributed by atoms with E-state index in [9.17, 15) is 4.79 Å². The molecule has 20 heavy (non-hydrogen) atoms. The van der Waals surface area contributed by atoms with Crippen molar-refractivity contribution in [2.24, 2.45) is 0 Å². The van der Waals surface area contributed by atoms with Crippen molar-refractivity contribution in [3.05, 3.63) is 46.5 Å². The van der Waals surface area contributed by atoms with Crippen LogP contribution in [-0.4, -0.2) is 15.5 Å². The molecule has 1 aromatic heterocycles. The number of hydroxylamine groups is 1. The van der Waals surface area contributed by atoms with Gasteiger partial charge in [0.25, 0.3) is 5.91 Å². The minimum atomic E-state index is -0.305. The van der Waals surface area contributed by atoms with E-state index >= 15 is 0 Å². The van der Waals surface area contributed by atoms with E-state index in [2.05, 4.69) is 15.1 Å². The van der Waals surface area contributed by atoms with Crippen molar-refractivity contribution in [3.8, 4) is 0 Å². The van der Waals surface area contributed by atoms with Gasteiger partial charge in [-0.1, -0.05) is 55.6 Å². The van der Waals surface area contributed by atoms with Gasteiger partial charge in [0.1, 0.15) is 4.88 Å². The Balaban J connectivity index is 1.95. The third-order valence-corrected chi connectivity index (χ3v) is 3.38. The van der Waals surface area contributed by atoms with E-state index in [1.807, 2.05) is 51.1 Å². The smallest absolute Gasteiger partial charge is 0.269 e. The normalized spacial score (nSPS) is 11.3. The largest absolute Gasteiger partial charge is 0.288 e. The van der Waals surface area contributed by atoms with Gasteiger partial charge in [-0.15, -0.1) is 5.10 Å². The topological polar surface area (TPSA) is 64.1 Å². The molecule has 2 aromatic rings. The highest BCUT2D eigenvalue weighted by molar-refractivity contribution is 7.08. The van der Waals surface area contributed by atoms with Crippen LogP contribution in [-0.2, 0) is 16.9 Å². The van der Waals surface area contributed by atoms with E-state index in [0.29, 0.717) is 17.2 Å². The Morgan fingerprint density at radius 3 is 2.65 bits per heavy atom. The van der Waals surface area contributed by atoms with Crippen molar-refractivity contribution in [2.75, 3.05) is 0 Å². The van der Waals surface area contributed by atoms with Gasteiger partial charge in [-0.3, -0.25) is 9.63 Å². The third-order valence-electron chi connectivity index (χ3n) is 2.65. The zero-order valence-electron chi connectivity index (χ0n) is 11.7. The fraction of sp³-hybridized carbons (Fsp3) is 0.357. The second-order valence-electron chi connectivity index (χ2n) is 5.41. The summed E-state index contributed by atoms with van der Waals surface area (Å²) in [6.45, 7) is 6.30. The van der Waals surface area contributed by atoms with Crippen LogP contribution >= 0.6 is 11.5 Å². The van der Waals surface area contributed by atoms with Crippen LogP contribution in [0.5, 0.6) is 0 Å². The fourth-order valence-electron chi connectivity index (χ4n) is 1.64. The lowest BCUT2D eigenvalue weighted by molar-refractivity contribution is 0.0235. The number of amides is 1. The van der Waals surface area contributed by atoms with Crippen molar-refractivity contribution in [1.29, 1.82) is 0 Å². The van der Waals surface area contributed by atoms with E-state index in [4.69, 9.17) is 4.84 Å². The Morgan fingerprint density at radius 1 is 1.30 bits per heavy atom. The molecule has 5 nitrogen and oxygen atoms in total. The minimum Gasteiger partial charge on any atom is -0.269 e. The van der Waals surface area contributed by atoms with Crippen LogP contribution in [0.3, 0.4) is 0 Å². The molecule has 0 saturated heterocycles. The summed E-state index contributed by atoms with van der Waals surface area (Å²) in [6, 6.07) is 9.64. The second-order valence-corrected chi connectivity index (χ2v) is 6.16. The van der Waals surface area contributed by atoms with Crippen molar-refractivity contribution < 1.29 is 9.63 Å². The first-order valence-electron chi connectivity index (χ1n) is 6.27. The van der Waals surface area contributed by atoms with Gasteiger partial charge in [0.05, 0.1) is 12.3 Å². The number of hydrogen-bond acceptors (Lipinski definition) is 5. The Morgan fingerprint density at radius 2 is 2.00 bits per heavy atom. The first-order valence-corrected chi connectivity index (χ1v) is 7.04. The molecule has 0 aliphatic rings. The maximum Gasteiger partial charge on any atom is 0.288 e. The molecular formula is C14H17N3O2S.